The van der Waals surface area contributed by atoms with Gasteiger partial charge in [-0.05, 0) is 25.0 Å². The van der Waals surface area contributed by atoms with Crippen LogP contribution in [0.4, 0.5) is 0 Å². The monoisotopic (exact) mass is 282 g/mol. The molecule has 2 aromatic carbocycles. The van der Waals surface area contributed by atoms with Crippen molar-refractivity contribution in [1.29, 1.82) is 0 Å². The van der Waals surface area contributed by atoms with Crippen LogP contribution in [-0.2, 0) is 4.79 Å². The van der Waals surface area contributed by atoms with E-state index in [0.29, 0.717) is 0 Å². The molecule has 5 heteroatoms. The van der Waals surface area contributed by atoms with Gasteiger partial charge in [0.2, 0.25) is 0 Å². The second kappa shape index (κ2) is 10.0. The molecule has 0 aliphatic carbocycles. The summed E-state index contributed by atoms with van der Waals surface area (Å²) in [6.45, 7) is 3.06. The molecule has 3 rings (SSSR count). The minimum absolute atomic E-state index is 0.167. The summed E-state index contributed by atoms with van der Waals surface area (Å²) < 4.78 is 0. The third-order valence-corrected chi connectivity index (χ3v) is 2.15. The third-order valence-electron chi connectivity index (χ3n) is 2.15. The topological polar surface area (TPSA) is 71.5 Å². The predicted molar refractivity (Wildman–Crippen MR) is 82.4 cm³/mol. The molecule has 0 radical (unpaired) electrons. The number of benzene rings is 2. The maximum Gasteiger partial charge on any atom is 0.161 e. The number of aromatic amines is 1. The van der Waals surface area contributed by atoms with E-state index in [-0.39, 0.29) is 5.78 Å². The van der Waals surface area contributed by atoms with E-state index in [0.717, 1.165) is 0 Å². The van der Waals surface area contributed by atoms with E-state index >= 15 is 0 Å². The molecule has 108 valence electrons. The highest BCUT2D eigenvalue weighted by Crippen LogP contribution is 2.17. The molecule has 0 saturated carbocycles. The molecule has 1 aromatic heterocycles. The van der Waals surface area contributed by atoms with Crippen LogP contribution in [0.15, 0.2) is 67.0 Å². The Bertz CT molecular complexity index is 536. The van der Waals surface area contributed by atoms with Gasteiger partial charge in [0, 0.05) is 0 Å². The number of rotatable bonds is 1. The SMILES string of the molecule is CC(C)=O.c1ccc(-c2ccccc2)cc1.c1nn[nH]n1. The van der Waals surface area contributed by atoms with E-state index in [4.69, 9.17) is 0 Å². The van der Waals surface area contributed by atoms with Crippen molar-refractivity contribution in [3.63, 3.8) is 0 Å². The van der Waals surface area contributed by atoms with Gasteiger partial charge in [0.15, 0.2) is 6.33 Å². The van der Waals surface area contributed by atoms with E-state index in [1.165, 1.54) is 31.3 Å². The largest absolute Gasteiger partial charge is 0.300 e. The quantitative estimate of drug-likeness (QED) is 0.744. The van der Waals surface area contributed by atoms with Crippen molar-refractivity contribution in [2.75, 3.05) is 0 Å². The molecule has 1 heterocycles. The molecular weight excluding hydrogens is 264 g/mol. The van der Waals surface area contributed by atoms with E-state index in [1.54, 1.807) is 0 Å². The standard InChI is InChI=1S/C12H10.C3H6O.CH2N4/c1-3-7-11(8-4-1)12-9-5-2-6-10-12;1-3(2)4;1-2-4-5-3-1/h1-10H;1-2H3;1H,(H,2,3,4,5). The van der Waals surface area contributed by atoms with Gasteiger partial charge in [-0.2, -0.15) is 5.21 Å². The first kappa shape index (κ1) is 16.2. The molecule has 0 unspecified atom stereocenters. The van der Waals surface area contributed by atoms with Gasteiger partial charge < -0.3 is 4.79 Å². The summed E-state index contributed by atoms with van der Waals surface area (Å²) in [7, 11) is 0. The van der Waals surface area contributed by atoms with Gasteiger partial charge in [0.25, 0.3) is 0 Å². The molecule has 0 atom stereocenters. The fourth-order valence-electron chi connectivity index (χ4n) is 1.39. The number of carbonyl (C=O) groups is 1. The Morgan fingerprint density at radius 2 is 1.29 bits per heavy atom. The van der Waals surface area contributed by atoms with E-state index in [9.17, 15) is 4.79 Å². The van der Waals surface area contributed by atoms with Crippen molar-refractivity contribution in [2.45, 2.75) is 13.8 Å². The predicted octanol–water partition coefficient (Wildman–Crippen LogP) is 3.15. The highest BCUT2D eigenvalue weighted by atomic mass is 16.1. The molecule has 0 saturated heterocycles. The molecule has 0 bridgehead atoms. The lowest BCUT2D eigenvalue weighted by Gasteiger charge is -1.98. The fourth-order valence-corrected chi connectivity index (χ4v) is 1.39. The maximum atomic E-state index is 9.44. The number of nitrogens with one attached hydrogen (secondary N) is 1. The number of hydrogen-bond donors (Lipinski definition) is 1. The Hall–Kier alpha value is -2.82. The van der Waals surface area contributed by atoms with E-state index in [2.05, 4.69) is 69.2 Å². The molecule has 5 nitrogen and oxygen atoms in total. The number of carbonyl (C=O) groups excluding carboxylic acids is 1. The molecule has 0 amide bonds. The van der Waals surface area contributed by atoms with Gasteiger partial charge in [-0.25, -0.2) is 0 Å². The third kappa shape index (κ3) is 8.05. The highest BCUT2D eigenvalue weighted by molar-refractivity contribution is 5.72. The summed E-state index contributed by atoms with van der Waals surface area (Å²) in [6.07, 6.45) is 1.33. The second-order valence-electron chi connectivity index (χ2n) is 4.20. The van der Waals surface area contributed by atoms with Crippen LogP contribution in [0.1, 0.15) is 13.8 Å². The molecule has 0 aliphatic heterocycles. The fraction of sp³-hybridized carbons (Fsp3) is 0.125. The Labute approximate surface area is 124 Å². The first-order valence-corrected chi connectivity index (χ1v) is 6.44. The number of ketones is 1. The zero-order valence-electron chi connectivity index (χ0n) is 12.1. The van der Waals surface area contributed by atoms with Crippen molar-refractivity contribution in [1.82, 2.24) is 20.6 Å². The van der Waals surface area contributed by atoms with Gasteiger partial charge in [0.05, 0.1) is 0 Å². The summed E-state index contributed by atoms with van der Waals surface area (Å²) in [5, 5.41) is 12.2. The molecule has 0 fully saturated rings. The van der Waals surface area contributed by atoms with Crippen LogP contribution in [0.2, 0.25) is 0 Å². The molecule has 21 heavy (non-hydrogen) atoms. The maximum absolute atomic E-state index is 9.44. The zero-order chi connectivity index (χ0) is 15.3. The van der Waals surface area contributed by atoms with Crippen LogP contribution >= 0.6 is 0 Å². The van der Waals surface area contributed by atoms with Crippen LogP contribution in [0.3, 0.4) is 0 Å². The summed E-state index contributed by atoms with van der Waals surface area (Å²) in [5.41, 5.74) is 2.55. The molecule has 0 aliphatic rings. The van der Waals surface area contributed by atoms with Crippen LogP contribution in [0.25, 0.3) is 11.1 Å². The number of H-pyrrole nitrogens is 1. The van der Waals surface area contributed by atoms with Crippen molar-refractivity contribution in [3.05, 3.63) is 67.0 Å². The Morgan fingerprint density at radius 3 is 1.52 bits per heavy atom. The smallest absolute Gasteiger partial charge is 0.161 e. The average Bonchev–Trinajstić information content (AvgIpc) is 3.08. The number of tetrazole rings is 1. The molecule has 3 aromatic rings. The second-order valence-corrected chi connectivity index (χ2v) is 4.20. The lowest BCUT2D eigenvalue weighted by molar-refractivity contribution is -0.114. The van der Waals surface area contributed by atoms with Crippen molar-refractivity contribution < 1.29 is 4.79 Å². The Kier molecular flexibility index (Phi) is 7.75. The van der Waals surface area contributed by atoms with Crippen LogP contribution in [0, 0.1) is 0 Å². The molecule has 0 spiro atoms. The minimum Gasteiger partial charge on any atom is -0.300 e. The normalized spacial score (nSPS) is 8.67. The summed E-state index contributed by atoms with van der Waals surface area (Å²) in [6, 6.07) is 20.8. The van der Waals surface area contributed by atoms with Crippen molar-refractivity contribution in [3.8, 4) is 11.1 Å². The summed E-state index contributed by atoms with van der Waals surface area (Å²) >= 11 is 0. The van der Waals surface area contributed by atoms with Gasteiger partial charge in [-0.15, -0.1) is 10.2 Å². The van der Waals surface area contributed by atoms with E-state index in [1.807, 2.05) is 12.1 Å². The van der Waals surface area contributed by atoms with E-state index < -0.39 is 0 Å². The van der Waals surface area contributed by atoms with Crippen molar-refractivity contribution >= 4 is 5.78 Å². The Morgan fingerprint density at radius 1 is 0.857 bits per heavy atom. The first-order chi connectivity index (χ1) is 10.2. The summed E-state index contributed by atoms with van der Waals surface area (Å²) in [5.74, 6) is 0.167. The average molecular weight is 282 g/mol. The number of Topliss-reactive ketones (excluding diaryl/α,β-unsaturated/α-hetero) is 1. The van der Waals surface area contributed by atoms with Crippen LogP contribution < -0.4 is 0 Å². The lowest BCUT2D eigenvalue weighted by atomic mass is 10.1. The van der Waals surface area contributed by atoms with Crippen LogP contribution in [0.5, 0.6) is 0 Å². The Balaban J connectivity index is 0.000000203. The van der Waals surface area contributed by atoms with Gasteiger partial charge in [-0.3, -0.25) is 0 Å². The van der Waals surface area contributed by atoms with Crippen molar-refractivity contribution in [2.24, 2.45) is 0 Å². The highest BCUT2D eigenvalue weighted by Gasteiger charge is 1.91. The van der Waals surface area contributed by atoms with Crippen LogP contribution in [-0.4, -0.2) is 26.4 Å². The minimum atomic E-state index is 0.167. The summed E-state index contributed by atoms with van der Waals surface area (Å²) in [4.78, 5) is 9.44. The molecule has 1 N–H and O–H groups in total. The van der Waals surface area contributed by atoms with Gasteiger partial charge >= 0.3 is 0 Å². The van der Waals surface area contributed by atoms with Gasteiger partial charge in [0.1, 0.15) is 5.78 Å². The number of nitrogens with zero attached hydrogens (tertiary/aromatic N) is 3. The zero-order valence-corrected chi connectivity index (χ0v) is 12.1. The number of hydrogen-bond acceptors (Lipinski definition) is 4. The number of aromatic nitrogens is 4. The first-order valence-electron chi connectivity index (χ1n) is 6.44. The molecular formula is C16H18N4O. The lowest BCUT2D eigenvalue weighted by Crippen LogP contribution is -1.73. The van der Waals surface area contributed by atoms with Gasteiger partial charge in [-0.1, -0.05) is 65.9 Å².